The lowest BCUT2D eigenvalue weighted by Gasteiger charge is -2.12. The number of anilines is 1. The Hall–Kier alpha value is -1.85. The molecule has 0 spiro atoms. The standard InChI is InChI=1S/C15H12BrClN4/c16-12-6-5-11(7-13(12)17)8-19-14-3-1-2-4-15(14)21-10-18-9-20-21/h1-7,9-10,19H,8H2. The van der Waals surface area contributed by atoms with Crippen LogP contribution in [0.25, 0.3) is 5.69 Å². The van der Waals surface area contributed by atoms with Crippen LogP contribution < -0.4 is 5.32 Å². The van der Waals surface area contributed by atoms with Gasteiger partial charge in [-0.2, -0.15) is 5.10 Å². The van der Waals surface area contributed by atoms with Crippen molar-refractivity contribution in [1.82, 2.24) is 14.8 Å². The lowest BCUT2D eigenvalue weighted by molar-refractivity contribution is 0.878. The maximum absolute atomic E-state index is 6.11. The van der Waals surface area contributed by atoms with Crippen LogP contribution in [0, 0.1) is 0 Å². The van der Waals surface area contributed by atoms with Gasteiger partial charge in [0.1, 0.15) is 12.7 Å². The molecule has 0 amide bonds. The van der Waals surface area contributed by atoms with Gasteiger partial charge in [0, 0.05) is 11.0 Å². The number of para-hydroxylation sites is 2. The maximum Gasteiger partial charge on any atom is 0.138 e. The predicted octanol–water partition coefficient (Wildman–Crippen LogP) is 4.30. The Bertz CT molecular complexity index is 743. The number of benzene rings is 2. The molecule has 0 saturated heterocycles. The highest BCUT2D eigenvalue weighted by molar-refractivity contribution is 9.10. The predicted molar refractivity (Wildman–Crippen MR) is 87.8 cm³/mol. The van der Waals surface area contributed by atoms with Crippen LogP contribution in [0.4, 0.5) is 5.69 Å². The number of nitrogens with one attached hydrogen (secondary N) is 1. The first-order valence-electron chi connectivity index (χ1n) is 6.36. The van der Waals surface area contributed by atoms with Crippen molar-refractivity contribution in [2.45, 2.75) is 6.54 Å². The fraction of sp³-hybridized carbons (Fsp3) is 0.0667. The Morgan fingerprint density at radius 1 is 1.19 bits per heavy atom. The van der Waals surface area contributed by atoms with Gasteiger partial charge < -0.3 is 5.32 Å². The number of rotatable bonds is 4. The van der Waals surface area contributed by atoms with Crippen LogP contribution in [0.2, 0.25) is 5.02 Å². The second-order valence-electron chi connectivity index (χ2n) is 4.46. The van der Waals surface area contributed by atoms with Crippen molar-refractivity contribution >= 4 is 33.2 Å². The van der Waals surface area contributed by atoms with Crippen molar-refractivity contribution < 1.29 is 0 Å². The topological polar surface area (TPSA) is 42.7 Å². The molecular formula is C15H12BrClN4. The first-order valence-corrected chi connectivity index (χ1v) is 7.53. The second-order valence-corrected chi connectivity index (χ2v) is 5.72. The Kier molecular flexibility index (Phi) is 4.22. The summed E-state index contributed by atoms with van der Waals surface area (Å²) < 4.78 is 2.63. The molecule has 1 N–H and O–H groups in total. The van der Waals surface area contributed by atoms with Crippen molar-refractivity contribution in [2.75, 3.05) is 5.32 Å². The minimum Gasteiger partial charge on any atom is -0.379 e. The van der Waals surface area contributed by atoms with Gasteiger partial charge in [0.15, 0.2) is 0 Å². The van der Waals surface area contributed by atoms with E-state index in [1.807, 2.05) is 42.5 Å². The van der Waals surface area contributed by atoms with Crippen LogP contribution in [0.3, 0.4) is 0 Å². The van der Waals surface area contributed by atoms with Crippen molar-refractivity contribution in [1.29, 1.82) is 0 Å². The number of halogens is 2. The Morgan fingerprint density at radius 2 is 2.05 bits per heavy atom. The van der Waals surface area contributed by atoms with E-state index < -0.39 is 0 Å². The smallest absolute Gasteiger partial charge is 0.138 e. The van der Waals surface area contributed by atoms with Gasteiger partial charge in [-0.3, -0.25) is 0 Å². The molecule has 106 valence electrons. The third-order valence-electron chi connectivity index (χ3n) is 3.04. The zero-order chi connectivity index (χ0) is 14.7. The number of aromatic nitrogens is 3. The summed E-state index contributed by atoms with van der Waals surface area (Å²) in [5.41, 5.74) is 3.05. The highest BCUT2D eigenvalue weighted by Crippen LogP contribution is 2.24. The molecule has 1 heterocycles. The zero-order valence-electron chi connectivity index (χ0n) is 11.0. The number of hydrogen-bond donors (Lipinski definition) is 1. The summed E-state index contributed by atoms with van der Waals surface area (Å²) in [5, 5.41) is 8.28. The minimum absolute atomic E-state index is 0.679. The van der Waals surface area contributed by atoms with Crippen molar-refractivity contribution in [3.05, 3.63) is 70.2 Å². The highest BCUT2D eigenvalue weighted by Gasteiger charge is 2.05. The molecule has 4 nitrogen and oxygen atoms in total. The van der Waals surface area contributed by atoms with E-state index in [0.29, 0.717) is 11.6 Å². The van der Waals surface area contributed by atoms with Gasteiger partial charge in [-0.25, -0.2) is 9.67 Å². The lowest BCUT2D eigenvalue weighted by atomic mass is 10.2. The van der Waals surface area contributed by atoms with Crippen molar-refractivity contribution in [2.24, 2.45) is 0 Å². The maximum atomic E-state index is 6.11. The fourth-order valence-corrected chi connectivity index (χ4v) is 2.45. The summed E-state index contributed by atoms with van der Waals surface area (Å²) in [6, 6.07) is 13.9. The summed E-state index contributed by atoms with van der Waals surface area (Å²) in [6.45, 7) is 0.679. The molecular weight excluding hydrogens is 352 g/mol. The summed E-state index contributed by atoms with van der Waals surface area (Å²) in [7, 11) is 0. The average Bonchev–Trinajstić information content (AvgIpc) is 3.03. The Balaban J connectivity index is 1.81. The van der Waals surface area contributed by atoms with E-state index >= 15 is 0 Å². The molecule has 3 aromatic rings. The second kappa shape index (κ2) is 6.28. The Morgan fingerprint density at radius 3 is 2.81 bits per heavy atom. The first-order chi connectivity index (χ1) is 10.2. The molecule has 0 unspecified atom stereocenters. The van der Waals surface area contributed by atoms with E-state index in [-0.39, 0.29) is 0 Å². The largest absolute Gasteiger partial charge is 0.379 e. The first kappa shape index (κ1) is 14.1. The molecule has 1 aromatic heterocycles. The molecule has 0 bridgehead atoms. The molecule has 6 heteroatoms. The van der Waals surface area contributed by atoms with Crippen LogP contribution in [0.1, 0.15) is 5.56 Å². The third kappa shape index (κ3) is 3.25. The molecule has 0 atom stereocenters. The van der Waals surface area contributed by atoms with E-state index in [0.717, 1.165) is 21.4 Å². The van der Waals surface area contributed by atoms with Gasteiger partial charge in [0.25, 0.3) is 0 Å². The average molecular weight is 364 g/mol. The van der Waals surface area contributed by atoms with E-state index in [1.54, 1.807) is 11.0 Å². The van der Waals surface area contributed by atoms with Gasteiger partial charge in [-0.15, -0.1) is 0 Å². The van der Waals surface area contributed by atoms with E-state index in [2.05, 4.69) is 31.3 Å². The SMILES string of the molecule is Clc1cc(CNc2ccccc2-n2cncn2)ccc1Br. The van der Waals surface area contributed by atoms with Gasteiger partial charge in [0.05, 0.1) is 16.4 Å². The van der Waals surface area contributed by atoms with Crippen molar-refractivity contribution in [3.63, 3.8) is 0 Å². The summed E-state index contributed by atoms with van der Waals surface area (Å²) in [6.07, 6.45) is 3.20. The third-order valence-corrected chi connectivity index (χ3v) is 4.27. The van der Waals surface area contributed by atoms with E-state index in [9.17, 15) is 0 Å². The summed E-state index contributed by atoms with van der Waals surface area (Å²) in [5.74, 6) is 0. The summed E-state index contributed by atoms with van der Waals surface area (Å²) in [4.78, 5) is 3.98. The molecule has 0 fully saturated rings. The van der Waals surface area contributed by atoms with E-state index in [4.69, 9.17) is 11.6 Å². The molecule has 0 aliphatic heterocycles. The van der Waals surface area contributed by atoms with Crippen molar-refractivity contribution in [3.8, 4) is 5.69 Å². The molecule has 0 saturated carbocycles. The minimum atomic E-state index is 0.679. The molecule has 0 aliphatic carbocycles. The lowest BCUT2D eigenvalue weighted by Crippen LogP contribution is -2.04. The molecule has 2 aromatic carbocycles. The molecule has 0 aliphatic rings. The quantitative estimate of drug-likeness (QED) is 0.751. The van der Waals surface area contributed by atoms with Crippen LogP contribution >= 0.6 is 27.5 Å². The normalized spacial score (nSPS) is 10.6. The zero-order valence-corrected chi connectivity index (χ0v) is 13.3. The van der Waals surface area contributed by atoms with Gasteiger partial charge in [-0.1, -0.05) is 29.8 Å². The molecule has 21 heavy (non-hydrogen) atoms. The van der Waals surface area contributed by atoms with Gasteiger partial charge in [0.2, 0.25) is 0 Å². The summed E-state index contributed by atoms with van der Waals surface area (Å²) >= 11 is 9.50. The molecule has 0 radical (unpaired) electrons. The Labute approximate surface area is 135 Å². The number of hydrogen-bond acceptors (Lipinski definition) is 3. The molecule has 3 rings (SSSR count). The van der Waals surface area contributed by atoms with Gasteiger partial charge in [-0.05, 0) is 45.8 Å². The van der Waals surface area contributed by atoms with Crippen LogP contribution in [0.15, 0.2) is 59.6 Å². The monoisotopic (exact) mass is 362 g/mol. The van der Waals surface area contributed by atoms with Crippen LogP contribution in [-0.2, 0) is 6.54 Å². The fourth-order valence-electron chi connectivity index (χ4n) is 2.00. The van der Waals surface area contributed by atoms with Gasteiger partial charge >= 0.3 is 0 Å². The van der Waals surface area contributed by atoms with Crippen LogP contribution in [-0.4, -0.2) is 14.8 Å². The van der Waals surface area contributed by atoms with E-state index in [1.165, 1.54) is 6.33 Å². The number of nitrogens with zero attached hydrogens (tertiary/aromatic N) is 3. The van der Waals surface area contributed by atoms with Crippen LogP contribution in [0.5, 0.6) is 0 Å². The highest BCUT2D eigenvalue weighted by atomic mass is 79.9.